The van der Waals surface area contributed by atoms with Crippen LogP contribution in [-0.4, -0.2) is 9.97 Å². The summed E-state index contributed by atoms with van der Waals surface area (Å²) in [6, 6.07) is 9.80. The summed E-state index contributed by atoms with van der Waals surface area (Å²) in [5, 5.41) is 3.28. The van der Waals surface area contributed by atoms with Crippen LogP contribution >= 0.6 is 0 Å². The first-order chi connectivity index (χ1) is 8.65. The molecule has 3 N–H and O–H groups in total. The highest BCUT2D eigenvalue weighted by atomic mass is 15.0. The highest BCUT2D eigenvalue weighted by Gasteiger charge is 2.02. The fourth-order valence-corrected chi connectivity index (χ4v) is 1.61. The third-order valence-corrected chi connectivity index (χ3v) is 2.73. The Morgan fingerprint density at radius 3 is 2.56 bits per heavy atom. The van der Waals surface area contributed by atoms with Crippen molar-refractivity contribution in [3.8, 4) is 0 Å². The van der Waals surface area contributed by atoms with E-state index in [2.05, 4.69) is 29.1 Å². The molecule has 0 amide bonds. The average molecular weight is 242 g/mol. The first-order valence-corrected chi connectivity index (χ1v) is 6.05. The predicted octanol–water partition coefficient (Wildman–Crippen LogP) is 2.79. The van der Waals surface area contributed by atoms with Crippen molar-refractivity contribution in [3.63, 3.8) is 0 Å². The van der Waals surface area contributed by atoms with E-state index in [4.69, 9.17) is 5.73 Å². The molecule has 2 aromatic rings. The molecule has 1 aromatic heterocycles. The van der Waals surface area contributed by atoms with Gasteiger partial charge in [0.25, 0.3) is 0 Å². The van der Waals surface area contributed by atoms with E-state index in [-0.39, 0.29) is 0 Å². The van der Waals surface area contributed by atoms with Crippen molar-refractivity contribution < 1.29 is 0 Å². The van der Waals surface area contributed by atoms with E-state index in [1.807, 2.05) is 30.3 Å². The molecule has 0 radical (unpaired) electrons. The van der Waals surface area contributed by atoms with Gasteiger partial charge < -0.3 is 11.1 Å². The molecule has 0 atom stereocenters. The largest absolute Gasteiger partial charge is 0.399 e. The predicted molar refractivity (Wildman–Crippen MR) is 74.3 cm³/mol. The molecule has 1 heterocycles. The SMILES string of the molecule is CC(C)c1cc(NCc2ccc(N)cc2)ncn1. The van der Waals surface area contributed by atoms with Gasteiger partial charge in [0, 0.05) is 24.0 Å². The maximum atomic E-state index is 5.65. The second kappa shape index (κ2) is 5.49. The average Bonchev–Trinajstić information content (AvgIpc) is 2.38. The fourth-order valence-electron chi connectivity index (χ4n) is 1.61. The Hall–Kier alpha value is -2.10. The number of hydrogen-bond acceptors (Lipinski definition) is 4. The van der Waals surface area contributed by atoms with E-state index < -0.39 is 0 Å². The molecule has 0 saturated carbocycles. The first-order valence-electron chi connectivity index (χ1n) is 6.05. The number of nitrogens with two attached hydrogens (primary N) is 1. The van der Waals surface area contributed by atoms with Gasteiger partial charge in [-0.05, 0) is 23.6 Å². The normalized spacial score (nSPS) is 10.6. The molecule has 18 heavy (non-hydrogen) atoms. The number of hydrogen-bond donors (Lipinski definition) is 2. The van der Waals surface area contributed by atoms with Gasteiger partial charge in [-0.2, -0.15) is 0 Å². The number of nitrogen functional groups attached to an aromatic ring is 1. The lowest BCUT2D eigenvalue weighted by Crippen LogP contribution is -2.03. The highest BCUT2D eigenvalue weighted by molar-refractivity contribution is 5.41. The summed E-state index contributed by atoms with van der Waals surface area (Å²) in [7, 11) is 0. The Morgan fingerprint density at radius 1 is 1.17 bits per heavy atom. The Balaban J connectivity index is 2.01. The summed E-state index contributed by atoms with van der Waals surface area (Å²) in [5.41, 5.74) is 8.65. The Morgan fingerprint density at radius 2 is 1.89 bits per heavy atom. The summed E-state index contributed by atoms with van der Waals surface area (Å²) in [6.45, 7) is 4.97. The lowest BCUT2D eigenvalue weighted by molar-refractivity contribution is 0.814. The van der Waals surface area contributed by atoms with Crippen LogP contribution in [0.1, 0.15) is 31.0 Å². The van der Waals surface area contributed by atoms with Crippen molar-refractivity contribution >= 4 is 11.5 Å². The van der Waals surface area contributed by atoms with Gasteiger partial charge in [-0.3, -0.25) is 0 Å². The zero-order valence-electron chi connectivity index (χ0n) is 10.7. The molecule has 0 saturated heterocycles. The maximum absolute atomic E-state index is 5.65. The second-order valence-electron chi connectivity index (χ2n) is 4.58. The molecule has 0 aliphatic carbocycles. The van der Waals surface area contributed by atoms with Gasteiger partial charge in [0.05, 0.1) is 0 Å². The van der Waals surface area contributed by atoms with Crippen LogP contribution in [0.15, 0.2) is 36.7 Å². The molecule has 94 valence electrons. The summed E-state index contributed by atoms with van der Waals surface area (Å²) in [4.78, 5) is 8.45. The van der Waals surface area contributed by atoms with E-state index in [1.165, 1.54) is 5.56 Å². The Bertz CT molecular complexity index is 505. The number of rotatable bonds is 4. The third-order valence-electron chi connectivity index (χ3n) is 2.73. The van der Waals surface area contributed by atoms with Crippen molar-refractivity contribution in [2.45, 2.75) is 26.3 Å². The minimum atomic E-state index is 0.407. The second-order valence-corrected chi connectivity index (χ2v) is 4.58. The third kappa shape index (κ3) is 3.20. The first kappa shape index (κ1) is 12.4. The molecule has 4 nitrogen and oxygen atoms in total. The van der Waals surface area contributed by atoms with E-state index in [0.29, 0.717) is 5.92 Å². The summed E-state index contributed by atoms with van der Waals surface area (Å²) >= 11 is 0. The molecule has 0 aliphatic heterocycles. The van der Waals surface area contributed by atoms with Crippen LogP contribution in [0.3, 0.4) is 0 Å². The molecule has 0 bridgehead atoms. The van der Waals surface area contributed by atoms with Crippen molar-refractivity contribution in [1.82, 2.24) is 9.97 Å². The maximum Gasteiger partial charge on any atom is 0.129 e. The summed E-state index contributed by atoms with van der Waals surface area (Å²) in [6.07, 6.45) is 1.60. The van der Waals surface area contributed by atoms with Crippen LogP contribution in [0.5, 0.6) is 0 Å². The van der Waals surface area contributed by atoms with Crippen molar-refractivity contribution in [1.29, 1.82) is 0 Å². The monoisotopic (exact) mass is 242 g/mol. The minimum absolute atomic E-state index is 0.407. The van der Waals surface area contributed by atoms with Crippen LogP contribution in [0, 0.1) is 0 Å². The van der Waals surface area contributed by atoms with Gasteiger partial charge >= 0.3 is 0 Å². The number of benzene rings is 1. The Labute approximate surface area is 107 Å². The van der Waals surface area contributed by atoms with Crippen LogP contribution < -0.4 is 11.1 Å². The quantitative estimate of drug-likeness (QED) is 0.809. The molecular weight excluding hydrogens is 224 g/mol. The summed E-state index contributed by atoms with van der Waals surface area (Å²) in [5.74, 6) is 1.26. The molecule has 0 unspecified atom stereocenters. The van der Waals surface area contributed by atoms with Crippen LogP contribution in [0.4, 0.5) is 11.5 Å². The summed E-state index contributed by atoms with van der Waals surface area (Å²) < 4.78 is 0. The standard InChI is InChI=1S/C14H18N4/c1-10(2)13-7-14(18-9-17-13)16-8-11-3-5-12(15)6-4-11/h3-7,9-10H,8,15H2,1-2H3,(H,16,17,18). The smallest absolute Gasteiger partial charge is 0.129 e. The van der Waals surface area contributed by atoms with Gasteiger partial charge in [-0.15, -0.1) is 0 Å². The molecular formula is C14H18N4. The molecule has 0 fully saturated rings. The fraction of sp³-hybridized carbons (Fsp3) is 0.286. The van der Waals surface area contributed by atoms with Gasteiger partial charge in [-0.1, -0.05) is 26.0 Å². The highest BCUT2D eigenvalue weighted by Crippen LogP contribution is 2.14. The molecule has 2 rings (SSSR count). The molecule has 4 heteroatoms. The van der Waals surface area contributed by atoms with Crippen molar-refractivity contribution in [2.75, 3.05) is 11.1 Å². The molecule has 0 spiro atoms. The number of aromatic nitrogens is 2. The minimum Gasteiger partial charge on any atom is -0.399 e. The van der Waals surface area contributed by atoms with Crippen LogP contribution in [0.2, 0.25) is 0 Å². The molecule has 1 aromatic carbocycles. The van der Waals surface area contributed by atoms with Gasteiger partial charge in [-0.25, -0.2) is 9.97 Å². The zero-order chi connectivity index (χ0) is 13.0. The van der Waals surface area contributed by atoms with E-state index in [1.54, 1.807) is 6.33 Å². The lowest BCUT2D eigenvalue weighted by atomic mass is 10.1. The topological polar surface area (TPSA) is 63.8 Å². The van der Waals surface area contributed by atoms with Gasteiger partial charge in [0.15, 0.2) is 0 Å². The molecule has 0 aliphatic rings. The van der Waals surface area contributed by atoms with Crippen LogP contribution in [-0.2, 0) is 6.54 Å². The van der Waals surface area contributed by atoms with E-state index in [0.717, 1.165) is 23.7 Å². The zero-order valence-corrected chi connectivity index (χ0v) is 10.7. The number of anilines is 2. The van der Waals surface area contributed by atoms with Crippen molar-refractivity contribution in [3.05, 3.63) is 47.9 Å². The number of nitrogens with zero attached hydrogens (tertiary/aromatic N) is 2. The van der Waals surface area contributed by atoms with E-state index in [9.17, 15) is 0 Å². The van der Waals surface area contributed by atoms with Gasteiger partial charge in [0.1, 0.15) is 12.1 Å². The lowest BCUT2D eigenvalue weighted by Gasteiger charge is -2.08. The van der Waals surface area contributed by atoms with Gasteiger partial charge in [0.2, 0.25) is 0 Å². The van der Waals surface area contributed by atoms with Crippen LogP contribution in [0.25, 0.3) is 0 Å². The number of nitrogens with one attached hydrogen (secondary N) is 1. The van der Waals surface area contributed by atoms with Crippen molar-refractivity contribution in [2.24, 2.45) is 0 Å². The Kier molecular flexibility index (Phi) is 3.77. The van der Waals surface area contributed by atoms with E-state index >= 15 is 0 Å².